The van der Waals surface area contributed by atoms with E-state index in [4.69, 9.17) is 9.52 Å². The monoisotopic (exact) mass is 285 g/mol. The molecule has 0 fully saturated rings. The molecule has 1 aromatic carbocycles. The van der Waals surface area contributed by atoms with E-state index < -0.39 is 5.97 Å². The number of furan rings is 1. The van der Waals surface area contributed by atoms with Crippen molar-refractivity contribution in [2.24, 2.45) is 0 Å². The van der Waals surface area contributed by atoms with Crippen LogP contribution in [0.4, 0.5) is 0 Å². The van der Waals surface area contributed by atoms with E-state index >= 15 is 0 Å². The lowest BCUT2D eigenvalue weighted by molar-refractivity contribution is 0.0659. The van der Waals surface area contributed by atoms with Gasteiger partial charge in [0.2, 0.25) is 5.76 Å². The van der Waals surface area contributed by atoms with Crippen molar-refractivity contribution in [2.75, 3.05) is 0 Å². The fourth-order valence-electron chi connectivity index (χ4n) is 2.65. The zero-order valence-corrected chi connectivity index (χ0v) is 11.3. The van der Waals surface area contributed by atoms with Gasteiger partial charge in [0.25, 0.3) is 5.91 Å². The Balaban J connectivity index is 1.67. The highest BCUT2D eigenvalue weighted by Gasteiger charge is 2.22. The molecule has 108 valence electrons. The van der Waals surface area contributed by atoms with Crippen LogP contribution in [0.15, 0.2) is 40.8 Å². The van der Waals surface area contributed by atoms with Crippen molar-refractivity contribution in [3.63, 3.8) is 0 Å². The Bertz CT molecular complexity index is 689. The minimum absolute atomic E-state index is 0.0336. The number of amides is 1. The Morgan fingerprint density at radius 1 is 1.10 bits per heavy atom. The zero-order chi connectivity index (χ0) is 14.8. The molecule has 2 N–H and O–H groups in total. The smallest absolute Gasteiger partial charge is 0.371 e. The van der Waals surface area contributed by atoms with E-state index in [1.54, 1.807) is 0 Å². The van der Waals surface area contributed by atoms with Crippen LogP contribution in [0, 0.1) is 0 Å². The van der Waals surface area contributed by atoms with Crippen LogP contribution < -0.4 is 5.32 Å². The highest BCUT2D eigenvalue weighted by Crippen LogP contribution is 2.21. The van der Waals surface area contributed by atoms with Gasteiger partial charge in [0.1, 0.15) is 0 Å². The van der Waals surface area contributed by atoms with E-state index in [0.29, 0.717) is 0 Å². The van der Waals surface area contributed by atoms with Gasteiger partial charge in [0.05, 0.1) is 0 Å². The summed E-state index contributed by atoms with van der Waals surface area (Å²) in [5, 5.41) is 11.7. The van der Waals surface area contributed by atoms with Crippen molar-refractivity contribution in [1.82, 2.24) is 5.32 Å². The molecule has 0 radical (unpaired) electrons. The maximum atomic E-state index is 12.1. The first-order valence-electron chi connectivity index (χ1n) is 6.84. The number of hydrogen-bond acceptors (Lipinski definition) is 3. The molecule has 1 heterocycles. The predicted molar refractivity (Wildman–Crippen MR) is 75.4 cm³/mol. The number of carbonyl (C=O) groups is 2. The number of fused-ring (bicyclic) bond motifs is 1. The van der Waals surface area contributed by atoms with Gasteiger partial charge in [-0.05, 0) is 42.5 Å². The van der Waals surface area contributed by atoms with Gasteiger partial charge in [0.15, 0.2) is 5.76 Å². The summed E-state index contributed by atoms with van der Waals surface area (Å²) in [7, 11) is 0. The first-order chi connectivity index (χ1) is 10.1. The maximum absolute atomic E-state index is 12.1. The van der Waals surface area contributed by atoms with Crippen molar-refractivity contribution >= 4 is 11.9 Å². The molecule has 1 aromatic heterocycles. The average Bonchev–Trinajstić information content (AvgIpc) is 2.97. The standard InChI is InChI=1S/C16H15NO4/c18-15(13-7-8-14(21-13)16(19)20)17-12-6-5-10-3-1-2-4-11(10)9-12/h1-4,7-8,12H,5-6,9H2,(H,17,18)(H,19,20). The van der Waals surface area contributed by atoms with E-state index in [0.717, 1.165) is 19.3 Å². The lowest BCUT2D eigenvalue weighted by Gasteiger charge is -2.25. The molecule has 0 saturated heterocycles. The third kappa shape index (κ3) is 2.81. The molecule has 2 aromatic rings. The number of carboxylic acid groups (broad SMARTS) is 1. The molecular weight excluding hydrogens is 270 g/mol. The molecule has 5 heteroatoms. The van der Waals surface area contributed by atoms with Crippen molar-refractivity contribution in [3.05, 3.63) is 59.0 Å². The van der Waals surface area contributed by atoms with Crippen LogP contribution in [0.3, 0.4) is 0 Å². The van der Waals surface area contributed by atoms with Crippen LogP contribution in [0.25, 0.3) is 0 Å². The number of hydrogen-bond donors (Lipinski definition) is 2. The van der Waals surface area contributed by atoms with Crippen LogP contribution in [0.1, 0.15) is 38.7 Å². The molecule has 3 rings (SSSR count). The summed E-state index contributed by atoms with van der Waals surface area (Å²) in [6, 6.07) is 10.9. The van der Waals surface area contributed by atoms with Crippen LogP contribution in [0.2, 0.25) is 0 Å². The van der Waals surface area contributed by atoms with Gasteiger partial charge >= 0.3 is 5.97 Å². The summed E-state index contributed by atoms with van der Waals surface area (Å²) in [6.07, 6.45) is 2.59. The minimum Gasteiger partial charge on any atom is -0.475 e. The Morgan fingerprint density at radius 3 is 2.52 bits per heavy atom. The van der Waals surface area contributed by atoms with Gasteiger partial charge < -0.3 is 14.8 Å². The molecule has 1 amide bonds. The Hall–Kier alpha value is -2.56. The summed E-state index contributed by atoms with van der Waals surface area (Å²) in [6.45, 7) is 0. The second-order valence-corrected chi connectivity index (χ2v) is 5.15. The third-order valence-corrected chi connectivity index (χ3v) is 3.72. The molecule has 0 spiro atoms. The normalized spacial score (nSPS) is 17.0. The van der Waals surface area contributed by atoms with Crippen LogP contribution in [-0.2, 0) is 12.8 Å². The number of aryl methyl sites for hydroxylation is 1. The molecule has 0 bridgehead atoms. The van der Waals surface area contributed by atoms with Crippen molar-refractivity contribution in [1.29, 1.82) is 0 Å². The average molecular weight is 285 g/mol. The molecule has 5 nitrogen and oxygen atoms in total. The predicted octanol–water partition coefficient (Wildman–Crippen LogP) is 2.27. The zero-order valence-electron chi connectivity index (χ0n) is 11.3. The topological polar surface area (TPSA) is 79.5 Å². The summed E-state index contributed by atoms with van der Waals surface area (Å²) < 4.78 is 5.01. The number of aromatic carboxylic acids is 1. The lowest BCUT2D eigenvalue weighted by atomic mass is 9.88. The molecular formula is C16H15NO4. The third-order valence-electron chi connectivity index (χ3n) is 3.72. The lowest BCUT2D eigenvalue weighted by Crippen LogP contribution is -2.38. The number of nitrogens with one attached hydrogen (secondary N) is 1. The van der Waals surface area contributed by atoms with Gasteiger partial charge in [-0.1, -0.05) is 24.3 Å². The van der Waals surface area contributed by atoms with E-state index in [1.165, 1.54) is 23.3 Å². The molecule has 0 aliphatic heterocycles. The van der Waals surface area contributed by atoms with E-state index in [2.05, 4.69) is 17.4 Å². The maximum Gasteiger partial charge on any atom is 0.371 e. The molecule has 21 heavy (non-hydrogen) atoms. The quantitative estimate of drug-likeness (QED) is 0.906. The number of rotatable bonds is 3. The van der Waals surface area contributed by atoms with Gasteiger partial charge in [-0.2, -0.15) is 0 Å². The van der Waals surface area contributed by atoms with Crippen molar-refractivity contribution < 1.29 is 19.1 Å². The SMILES string of the molecule is O=C(O)c1ccc(C(=O)NC2CCc3ccccc3C2)o1. The van der Waals surface area contributed by atoms with Crippen molar-refractivity contribution in [3.8, 4) is 0 Å². The highest BCUT2D eigenvalue weighted by atomic mass is 16.4. The molecule has 1 aliphatic rings. The Kier molecular flexibility index (Phi) is 3.48. The Morgan fingerprint density at radius 2 is 1.81 bits per heavy atom. The summed E-state index contributed by atoms with van der Waals surface area (Å²) >= 11 is 0. The van der Waals surface area contributed by atoms with Crippen molar-refractivity contribution in [2.45, 2.75) is 25.3 Å². The van der Waals surface area contributed by atoms with Crippen LogP contribution in [-0.4, -0.2) is 23.0 Å². The summed E-state index contributed by atoms with van der Waals surface area (Å²) in [4.78, 5) is 22.8. The fraction of sp³-hybridized carbons (Fsp3) is 0.250. The summed E-state index contributed by atoms with van der Waals surface area (Å²) in [5.74, 6) is -1.74. The number of carboxylic acids is 1. The first-order valence-corrected chi connectivity index (χ1v) is 6.84. The fourth-order valence-corrected chi connectivity index (χ4v) is 2.65. The molecule has 1 aliphatic carbocycles. The van der Waals surface area contributed by atoms with Crippen LogP contribution >= 0.6 is 0 Å². The second kappa shape index (κ2) is 5.44. The number of benzene rings is 1. The second-order valence-electron chi connectivity index (χ2n) is 5.15. The summed E-state index contributed by atoms with van der Waals surface area (Å²) in [5.41, 5.74) is 2.58. The molecule has 1 unspecified atom stereocenters. The highest BCUT2D eigenvalue weighted by molar-refractivity contribution is 5.93. The minimum atomic E-state index is -1.18. The largest absolute Gasteiger partial charge is 0.475 e. The van der Waals surface area contributed by atoms with E-state index in [1.807, 2.05) is 12.1 Å². The first kappa shape index (κ1) is 13.4. The number of carbonyl (C=O) groups excluding carboxylic acids is 1. The molecule has 0 saturated carbocycles. The van der Waals surface area contributed by atoms with Crippen LogP contribution in [0.5, 0.6) is 0 Å². The van der Waals surface area contributed by atoms with Gasteiger partial charge in [0, 0.05) is 6.04 Å². The molecule has 1 atom stereocenters. The Labute approximate surface area is 121 Å². The van der Waals surface area contributed by atoms with Gasteiger partial charge in [-0.3, -0.25) is 4.79 Å². The van der Waals surface area contributed by atoms with E-state index in [9.17, 15) is 9.59 Å². The van der Waals surface area contributed by atoms with Gasteiger partial charge in [-0.25, -0.2) is 4.79 Å². The van der Waals surface area contributed by atoms with E-state index in [-0.39, 0.29) is 23.5 Å². The van der Waals surface area contributed by atoms with Gasteiger partial charge in [-0.15, -0.1) is 0 Å².